The van der Waals surface area contributed by atoms with Gasteiger partial charge in [0.15, 0.2) is 0 Å². The highest BCUT2D eigenvalue weighted by atomic mass is 16.1. The third-order valence-corrected chi connectivity index (χ3v) is 4.55. The van der Waals surface area contributed by atoms with Crippen LogP contribution in [0.15, 0.2) is 79.1 Å². The van der Waals surface area contributed by atoms with Crippen molar-refractivity contribution in [2.24, 2.45) is 0 Å². The second-order valence-electron chi connectivity index (χ2n) is 6.51. The van der Waals surface area contributed by atoms with Crippen LogP contribution in [0.3, 0.4) is 0 Å². The third-order valence-electron chi connectivity index (χ3n) is 4.55. The normalized spacial score (nSPS) is 10.6. The molecule has 1 N–H and O–H groups in total. The first-order valence-electron chi connectivity index (χ1n) is 9.39. The van der Waals surface area contributed by atoms with E-state index >= 15 is 0 Å². The van der Waals surface area contributed by atoms with Gasteiger partial charge in [0, 0.05) is 18.9 Å². The first-order chi connectivity index (χ1) is 12.8. The van der Waals surface area contributed by atoms with Gasteiger partial charge in [-0.3, -0.25) is 4.79 Å². The van der Waals surface area contributed by atoms with E-state index in [1.54, 1.807) is 0 Å². The molecule has 0 unspecified atom stereocenters. The number of rotatable bonds is 9. The van der Waals surface area contributed by atoms with Gasteiger partial charge in [0.1, 0.15) is 0 Å². The summed E-state index contributed by atoms with van der Waals surface area (Å²) in [6.45, 7) is 0.726. The van der Waals surface area contributed by atoms with Crippen LogP contribution in [0.4, 0.5) is 0 Å². The van der Waals surface area contributed by atoms with Crippen LogP contribution in [-0.2, 0) is 6.42 Å². The van der Waals surface area contributed by atoms with Gasteiger partial charge < -0.3 is 9.88 Å². The average molecular weight is 346 g/mol. The minimum Gasteiger partial charge on any atom is -0.352 e. The summed E-state index contributed by atoms with van der Waals surface area (Å²) in [7, 11) is 0. The Morgan fingerprint density at radius 2 is 1.46 bits per heavy atom. The van der Waals surface area contributed by atoms with E-state index in [1.165, 1.54) is 18.4 Å². The van der Waals surface area contributed by atoms with Crippen molar-refractivity contribution in [3.63, 3.8) is 0 Å². The molecule has 1 aromatic heterocycles. The van der Waals surface area contributed by atoms with Gasteiger partial charge in [0.25, 0.3) is 5.91 Å². The van der Waals surface area contributed by atoms with Crippen LogP contribution < -0.4 is 5.32 Å². The second-order valence-corrected chi connectivity index (χ2v) is 6.51. The first kappa shape index (κ1) is 18.0. The Hall–Kier alpha value is -2.81. The van der Waals surface area contributed by atoms with Gasteiger partial charge in [-0.25, -0.2) is 0 Å². The summed E-state index contributed by atoms with van der Waals surface area (Å²) in [5, 5.41) is 3.06. The molecule has 134 valence electrons. The molecule has 0 bridgehead atoms. The van der Waals surface area contributed by atoms with Crippen LogP contribution >= 0.6 is 0 Å². The quantitative estimate of drug-likeness (QED) is 0.543. The van der Waals surface area contributed by atoms with Crippen molar-refractivity contribution in [1.29, 1.82) is 0 Å². The zero-order valence-corrected chi connectivity index (χ0v) is 15.1. The monoisotopic (exact) mass is 346 g/mol. The number of aryl methyl sites for hydroxylation is 1. The lowest BCUT2D eigenvalue weighted by molar-refractivity contribution is 0.0953. The summed E-state index contributed by atoms with van der Waals surface area (Å²) < 4.78 is 1.97. The zero-order valence-electron chi connectivity index (χ0n) is 15.1. The highest BCUT2D eigenvalue weighted by molar-refractivity contribution is 5.97. The smallest absolute Gasteiger partial charge is 0.253 e. The molecule has 0 aliphatic heterocycles. The molecule has 0 saturated heterocycles. The molecule has 0 atom stereocenters. The number of nitrogens with zero attached hydrogens (tertiary/aromatic N) is 1. The number of amides is 1. The van der Waals surface area contributed by atoms with E-state index in [0.29, 0.717) is 5.56 Å². The van der Waals surface area contributed by atoms with Crippen molar-refractivity contribution in [2.45, 2.75) is 32.1 Å². The van der Waals surface area contributed by atoms with Crippen molar-refractivity contribution < 1.29 is 4.79 Å². The largest absolute Gasteiger partial charge is 0.352 e. The van der Waals surface area contributed by atoms with Gasteiger partial charge in [-0.2, -0.15) is 0 Å². The molecule has 26 heavy (non-hydrogen) atoms. The van der Waals surface area contributed by atoms with E-state index in [9.17, 15) is 4.79 Å². The Balaban J connectivity index is 1.38. The molecular formula is C23H26N2O. The fourth-order valence-electron chi connectivity index (χ4n) is 3.14. The highest BCUT2D eigenvalue weighted by Crippen LogP contribution is 2.14. The molecule has 0 aliphatic carbocycles. The van der Waals surface area contributed by atoms with Gasteiger partial charge >= 0.3 is 0 Å². The lowest BCUT2D eigenvalue weighted by Gasteiger charge is -2.11. The molecule has 1 amide bonds. The lowest BCUT2D eigenvalue weighted by Crippen LogP contribution is -2.25. The van der Waals surface area contributed by atoms with E-state index in [-0.39, 0.29) is 5.91 Å². The molecule has 0 spiro atoms. The van der Waals surface area contributed by atoms with Gasteiger partial charge in [-0.15, -0.1) is 0 Å². The molecule has 3 rings (SSSR count). The number of hydrogen-bond acceptors (Lipinski definition) is 1. The maximum Gasteiger partial charge on any atom is 0.253 e. The topological polar surface area (TPSA) is 34.0 Å². The molecule has 0 saturated carbocycles. The Labute approximate surface area is 155 Å². The Morgan fingerprint density at radius 3 is 2.27 bits per heavy atom. The maximum atomic E-state index is 12.5. The number of benzene rings is 2. The summed E-state index contributed by atoms with van der Waals surface area (Å²) in [4.78, 5) is 12.5. The number of para-hydroxylation sites is 1. The van der Waals surface area contributed by atoms with Crippen LogP contribution in [-0.4, -0.2) is 17.0 Å². The number of nitrogens with one attached hydrogen (secondary N) is 1. The number of carbonyl (C=O) groups excluding carboxylic acids is 1. The molecular weight excluding hydrogens is 320 g/mol. The zero-order chi connectivity index (χ0) is 18.0. The van der Waals surface area contributed by atoms with Crippen LogP contribution in [0.25, 0.3) is 5.69 Å². The van der Waals surface area contributed by atoms with Gasteiger partial charge in [0.05, 0.1) is 11.3 Å². The van der Waals surface area contributed by atoms with E-state index in [2.05, 4.69) is 35.6 Å². The van der Waals surface area contributed by atoms with E-state index in [1.807, 2.05) is 53.4 Å². The Bertz CT molecular complexity index is 794. The van der Waals surface area contributed by atoms with Crippen molar-refractivity contribution in [3.8, 4) is 5.69 Å². The summed E-state index contributed by atoms with van der Waals surface area (Å²) in [6.07, 6.45) is 9.62. The number of unbranched alkanes of at least 4 members (excludes halogenated alkanes) is 3. The molecule has 0 fully saturated rings. The lowest BCUT2D eigenvalue weighted by atomic mass is 10.1. The number of aromatic nitrogens is 1. The fraction of sp³-hybridized carbons (Fsp3) is 0.261. The molecule has 0 aliphatic rings. The van der Waals surface area contributed by atoms with Gasteiger partial charge in [-0.1, -0.05) is 55.3 Å². The molecule has 3 aromatic rings. The molecule has 3 heteroatoms. The van der Waals surface area contributed by atoms with Crippen molar-refractivity contribution in [1.82, 2.24) is 9.88 Å². The van der Waals surface area contributed by atoms with E-state index < -0.39 is 0 Å². The van der Waals surface area contributed by atoms with E-state index in [4.69, 9.17) is 0 Å². The molecule has 0 radical (unpaired) electrons. The Morgan fingerprint density at radius 1 is 0.769 bits per heavy atom. The van der Waals surface area contributed by atoms with Crippen molar-refractivity contribution >= 4 is 5.91 Å². The minimum absolute atomic E-state index is 0.00131. The van der Waals surface area contributed by atoms with Gasteiger partial charge in [-0.05, 0) is 49.1 Å². The predicted octanol–water partition coefficient (Wildman–Crippen LogP) is 5.01. The molecule has 2 aromatic carbocycles. The molecule has 1 heterocycles. The summed E-state index contributed by atoms with van der Waals surface area (Å²) >= 11 is 0. The SMILES string of the molecule is O=C(NCCCCCCc1ccccc1)c1ccccc1-n1cccc1. The van der Waals surface area contributed by atoms with E-state index in [0.717, 1.165) is 31.5 Å². The first-order valence-corrected chi connectivity index (χ1v) is 9.39. The predicted molar refractivity (Wildman–Crippen MR) is 107 cm³/mol. The number of carbonyl (C=O) groups is 1. The fourth-order valence-corrected chi connectivity index (χ4v) is 3.14. The number of hydrogen-bond donors (Lipinski definition) is 1. The average Bonchev–Trinajstić information content (AvgIpc) is 3.22. The van der Waals surface area contributed by atoms with Crippen molar-refractivity contribution in [2.75, 3.05) is 6.54 Å². The highest BCUT2D eigenvalue weighted by Gasteiger charge is 2.10. The summed E-state index contributed by atoms with van der Waals surface area (Å²) in [5.41, 5.74) is 3.04. The van der Waals surface area contributed by atoms with Crippen LogP contribution in [0.1, 0.15) is 41.6 Å². The minimum atomic E-state index is -0.00131. The summed E-state index contributed by atoms with van der Waals surface area (Å²) in [6, 6.07) is 22.2. The Kier molecular flexibility index (Phi) is 6.66. The van der Waals surface area contributed by atoms with Crippen LogP contribution in [0, 0.1) is 0 Å². The maximum absolute atomic E-state index is 12.5. The van der Waals surface area contributed by atoms with Gasteiger partial charge in [0.2, 0.25) is 0 Å². The second kappa shape index (κ2) is 9.62. The standard InChI is InChI=1S/C23H26N2O/c26-23(21-15-7-8-16-22(21)25-18-10-11-19-25)24-17-9-2-1-4-12-20-13-5-3-6-14-20/h3,5-8,10-11,13-16,18-19H,1-2,4,9,12,17H2,(H,24,26). The van der Waals surface area contributed by atoms with Crippen LogP contribution in [0.5, 0.6) is 0 Å². The summed E-state index contributed by atoms with van der Waals surface area (Å²) in [5.74, 6) is -0.00131. The molecule has 3 nitrogen and oxygen atoms in total. The van der Waals surface area contributed by atoms with Crippen molar-refractivity contribution in [3.05, 3.63) is 90.3 Å². The third kappa shape index (κ3) is 5.09. The van der Waals surface area contributed by atoms with Crippen LogP contribution in [0.2, 0.25) is 0 Å².